The molecule has 0 saturated heterocycles. The first-order chi connectivity index (χ1) is 17.7. The van der Waals surface area contributed by atoms with E-state index in [0.29, 0.717) is 31.7 Å². The molecule has 12 nitrogen and oxygen atoms in total. The molecule has 0 spiro atoms. The Morgan fingerprint density at radius 1 is 0.973 bits per heavy atom. The summed E-state index contributed by atoms with van der Waals surface area (Å²) >= 11 is 0. The van der Waals surface area contributed by atoms with Gasteiger partial charge < -0.3 is 36.5 Å². The largest absolute Gasteiger partial charge is 0.490 e. The Balaban J connectivity index is 2.85. The van der Waals surface area contributed by atoms with Gasteiger partial charge in [0.2, 0.25) is 23.6 Å². The second-order valence-electron chi connectivity index (χ2n) is 8.12. The van der Waals surface area contributed by atoms with Gasteiger partial charge in [-0.05, 0) is 43.5 Å². The van der Waals surface area contributed by atoms with Gasteiger partial charge in [0, 0.05) is 13.3 Å². The Bertz CT molecular complexity index is 921. The number of amides is 4. The number of nitrogens with two attached hydrogens (primary N) is 1. The lowest BCUT2D eigenvalue weighted by molar-refractivity contribution is -0.141. The molecule has 0 bridgehead atoms. The van der Waals surface area contributed by atoms with Crippen LogP contribution in [0.15, 0.2) is 36.9 Å². The van der Waals surface area contributed by atoms with Crippen molar-refractivity contribution in [3.63, 3.8) is 0 Å². The van der Waals surface area contributed by atoms with Gasteiger partial charge in [0.1, 0.15) is 31.0 Å². The molecule has 0 heterocycles. The highest BCUT2D eigenvalue weighted by Gasteiger charge is 2.26. The average Bonchev–Trinajstić information content (AvgIpc) is 2.88. The SMILES string of the molecule is C=CCOc1ccc(C[C@H](NC(C)=O)C(=O)N[C@@H](CCCCN)C(=O)NCC(=O)NCC(=O)OC)cc1. The van der Waals surface area contributed by atoms with Crippen LogP contribution in [0.3, 0.4) is 0 Å². The van der Waals surface area contributed by atoms with Gasteiger partial charge in [0.25, 0.3) is 0 Å². The fourth-order valence-corrected chi connectivity index (χ4v) is 3.20. The molecule has 37 heavy (non-hydrogen) atoms. The van der Waals surface area contributed by atoms with Crippen molar-refractivity contribution in [3.05, 3.63) is 42.5 Å². The number of nitrogens with one attached hydrogen (secondary N) is 4. The molecule has 12 heteroatoms. The molecule has 0 aliphatic rings. The van der Waals surface area contributed by atoms with Crippen molar-refractivity contribution in [1.29, 1.82) is 0 Å². The van der Waals surface area contributed by atoms with E-state index in [4.69, 9.17) is 10.5 Å². The van der Waals surface area contributed by atoms with Crippen LogP contribution in [0.25, 0.3) is 0 Å². The van der Waals surface area contributed by atoms with E-state index in [9.17, 15) is 24.0 Å². The Hall–Kier alpha value is -3.93. The predicted molar refractivity (Wildman–Crippen MR) is 136 cm³/mol. The molecule has 1 rings (SSSR count). The number of carbonyl (C=O) groups excluding carboxylic acids is 5. The molecule has 1 aromatic rings. The Morgan fingerprint density at radius 3 is 2.27 bits per heavy atom. The van der Waals surface area contributed by atoms with Crippen LogP contribution in [0.4, 0.5) is 0 Å². The fraction of sp³-hybridized carbons (Fsp3) is 0.480. The third-order valence-electron chi connectivity index (χ3n) is 5.09. The van der Waals surface area contributed by atoms with Crippen LogP contribution in [0, 0.1) is 0 Å². The van der Waals surface area contributed by atoms with Gasteiger partial charge in [-0.15, -0.1) is 0 Å². The second kappa shape index (κ2) is 17.5. The van der Waals surface area contributed by atoms with Gasteiger partial charge in [-0.25, -0.2) is 0 Å². The van der Waals surface area contributed by atoms with Gasteiger partial charge in [-0.2, -0.15) is 0 Å². The van der Waals surface area contributed by atoms with Crippen molar-refractivity contribution < 1.29 is 33.4 Å². The molecular formula is C25H37N5O7. The minimum atomic E-state index is -0.960. The van der Waals surface area contributed by atoms with Crippen LogP contribution in [-0.4, -0.2) is 75.0 Å². The molecule has 0 unspecified atom stereocenters. The maximum Gasteiger partial charge on any atom is 0.325 e. The van der Waals surface area contributed by atoms with E-state index in [1.54, 1.807) is 30.3 Å². The zero-order valence-electron chi connectivity index (χ0n) is 21.3. The zero-order chi connectivity index (χ0) is 27.6. The summed E-state index contributed by atoms with van der Waals surface area (Å²) in [6.07, 6.45) is 3.27. The number of methoxy groups -OCH3 is 1. The standard InChI is InChI=1S/C25H37N5O7/c1-4-13-37-19-10-8-18(9-11-19)14-21(29-17(2)31)25(35)30-20(7-5-6-12-26)24(34)28-15-22(32)27-16-23(33)36-3/h4,8-11,20-21H,1,5-7,12-16,26H2,2-3H3,(H,27,32)(H,28,34)(H,29,31)(H,30,35)/t20-,21-/m0/s1. The summed E-state index contributed by atoms with van der Waals surface area (Å²) in [6, 6.07) is 5.15. The van der Waals surface area contributed by atoms with Gasteiger partial charge in [0.15, 0.2) is 0 Å². The van der Waals surface area contributed by atoms with Crippen molar-refractivity contribution in [2.45, 2.75) is 44.7 Å². The van der Waals surface area contributed by atoms with Crippen molar-refractivity contribution in [2.24, 2.45) is 5.73 Å². The number of ether oxygens (including phenoxy) is 2. The van der Waals surface area contributed by atoms with Crippen LogP contribution in [0.1, 0.15) is 31.7 Å². The number of benzene rings is 1. The number of hydrogen-bond acceptors (Lipinski definition) is 8. The van der Waals surface area contributed by atoms with Crippen molar-refractivity contribution in [2.75, 3.05) is 33.4 Å². The molecule has 0 aromatic heterocycles. The summed E-state index contributed by atoms with van der Waals surface area (Å²) in [5.41, 5.74) is 6.32. The summed E-state index contributed by atoms with van der Waals surface area (Å²) in [4.78, 5) is 60.6. The number of rotatable bonds is 17. The Labute approximate surface area is 216 Å². The van der Waals surface area contributed by atoms with Crippen LogP contribution in [0.5, 0.6) is 5.75 Å². The third-order valence-corrected chi connectivity index (χ3v) is 5.09. The van der Waals surface area contributed by atoms with Gasteiger partial charge in [0.05, 0.1) is 13.7 Å². The molecule has 1 aromatic carbocycles. The second-order valence-corrected chi connectivity index (χ2v) is 8.12. The lowest BCUT2D eigenvalue weighted by Gasteiger charge is -2.23. The van der Waals surface area contributed by atoms with E-state index >= 15 is 0 Å². The predicted octanol–water partition coefficient (Wildman–Crippen LogP) is -0.682. The molecule has 0 aliphatic carbocycles. The molecule has 4 amide bonds. The lowest BCUT2D eigenvalue weighted by Crippen LogP contribution is -2.55. The molecule has 204 valence electrons. The van der Waals surface area contributed by atoms with E-state index in [2.05, 4.69) is 32.6 Å². The average molecular weight is 520 g/mol. The van der Waals surface area contributed by atoms with E-state index < -0.39 is 48.2 Å². The van der Waals surface area contributed by atoms with Crippen LogP contribution in [-0.2, 0) is 35.1 Å². The minimum absolute atomic E-state index is 0.181. The maximum atomic E-state index is 13.1. The monoisotopic (exact) mass is 519 g/mol. The molecule has 2 atom stereocenters. The first kappa shape index (κ1) is 31.1. The van der Waals surface area contributed by atoms with E-state index in [1.165, 1.54) is 14.0 Å². The first-order valence-corrected chi connectivity index (χ1v) is 11.9. The number of unbranched alkanes of at least 4 members (excludes halogenated alkanes) is 1. The smallest absolute Gasteiger partial charge is 0.325 e. The summed E-state index contributed by atoms with van der Waals surface area (Å²) in [5, 5.41) is 10.1. The molecule has 0 radical (unpaired) electrons. The Morgan fingerprint density at radius 2 is 1.68 bits per heavy atom. The molecular weight excluding hydrogens is 482 g/mol. The molecule has 0 fully saturated rings. The molecule has 0 saturated carbocycles. The number of esters is 1. The van der Waals surface area contributed by atoms with Crippen LogP contribution < -0.4 is 31.7 Å². The van der Waals surface area contributed by atoms with Crippen LogP contribution in [0.2, 0.25) is 0 Å². The number of hydrogen-bond donors (Lipinski definition) is 5. The third kappa shape index (κ3) is 13.1. The van der Waals surface area contributed by atoms with E-state index in [-0.39, 0.29) is 19.4 Å². The summed E-state index contributed by atoms with van der Waals surface area (Å²) in [6.45, 7) is 4.94. The maximum absolute atomic E-state index is 13.1. The van der Waals surface area contributed by atoms with E-state index in [1.807, 2.05) is 0 Å². The van der Waals surface area contributed by atoms with Crippen LogP contribution >= 0.6 is 0 Å². The zero-order valence-corrected chi connectivity index (χ0v) is 21.3. The summed E-state index contributed by atoms with van der Waals surface area (Å²) in [7, 11) is 1.19. The minimum Gasteiger partial charge on any atom is -0.490 e. The topological polar surface area (TPSA) is 178 Å². The molecule has 0 aliphatic heterocycles. The molecule has 6 N–H and O–H groups in total. The normalized spacial score (nSPS) is 11.9. The summed E-state index contributed by atoms with van der Waals surface area (Å²) in [5.74, 6) is -2.12. The van der Waals surface area contributed by atoms with Crippen molar-refractivity contribution in [1.82, 2.24) is 21.3 Å². The first-order valence-electron chi connectivity index (χ1n) is 11.9. The van der Waals surface area contributed by atoms with Gasteiger partial charge in [-0.3, -0.25) is 24.0 Å². The lowest BCUT2D eigenvalue weighted by atomic mass is 10.0. The van der Waals surface area contributed by atoms with Crippen molar-refractivity contribution >= 4 is 29.6 Å². The van der Waals surface area contributed by atoms with Crippen molar-refractivity contribution in [3.8, 4) is 5.75 Å². The summed E-state index contributed by atoms with van der Waals surface area (Å²) < 4.78 is 9.89. The van der Waals surface area contributed by atoms with Gasteiger partial charge in [-0.1, -0.05) is 24.8 Å². The highest BCUT2D eigenvalue weighted by molar-refractivity contribution is 5.93. The highest BCUT2D eigenvalue weighted by atomic mass is 16.5. The Kier molecular flexibility index (Phi) is 14.7. The van der Waals surface area contributed by atoms with E-state index in [0.717, 1.165) is 5.56 Å². The quantitative estimate of drug-likeness (QED) is 0.102. The fourth-order valence-electron chi connectivity index (χ4n) is 3.20. The number of carbonyl (C=O) groups is 5. The highest BCUT2D eigenvalue weighted by Crippen LogP contribution is 2.14. The van der Waals surface area contributed by atoms with Gasteiger partial charge >= 0.3 is 5.97 Å².